The Kier molecular flexibility index (Phi) is 4.06. The first-order valence-electron chi connectivity index (χ1n) is 4.27. The second-order valence-corrected chi connectivity index (χ2v) is 3.56. The molecule has 0 saturated carbocycles. The van der Waals surface area contributed by atoms with Crippen LogP contribution in [0.4, 0.5) is 5.69 Å². The molecule has 0 saturated heterocycles. The molecule has 5 heteroatoms. The van der Waals surface area contributed by atoms with E-state index in [1.54, 1.807) is 24.3 Å². The molecule has 0 spiro atoms. The van der Waals surface area contributed by atoms with Crippen molar-refractivity contribution in [2.24, 2.45) is 0 Å². The van der Waals surface area contributed by atoms with Crippen molar-refractivity contribution < 1.29 is 13.9 Å². The minimum atomic E-state index is -2.32. The van der Waals surface area contributed by atoms with Crippen LogP contribution in [0.25, 0.3) is 0 Å². The van der Waals surface area contributed by atoms with Crippen LogP contribution in [-0.4, -0.2) is 13.9 Å². The van der Waals surface area contributed by atoms with E-state index in [1.807, 2.05) is 6.92 Å². The van der Waals surface area contributed by atoms with Crippen molar-refractivity contribution in [1.82, 2.24) is 0 Å². The van der Waals surface area contributed by atoms with Crippen LogP contribution < -0.4 is 4.72 Å². The SMILES string of the molecule is CC[C@H](O)c1cccc(NS(=O)[O-])c1. The molecule has 0 radical (unpaired) electrons. The lowest BCUT2D eigenvalue weighted by atomic mass is 10.1. The Morgan fingerprint density at radius 3 is 2.93 bits per heavy atom. The number of rotatable bonds is 4. The number of anilines is 1. The van der Waals surface area contributed by atoms with Crippen LogP contribution in [0.3, 0.4) is 0 Å². The van der Waals surface area contributed by atoms with Crippen LogP contribution in [0, 0.1) is 0 Å². The Hall–Kier alpha value is -0.910. The molecule has 0 aliphatic rings. The third-order valence-electron chi connectivity index (χ3n) is 1.86. The average molecular weight is 214 g/mol. The summed E-state index contributed by atoms with van der Waals surface area (Å²) in [5.41, 5.74) is 1.17. The van der Waals surface area contributed by atoms with Gasteiger partial charge in [0.15, 0.2) is 0 Å². The Balaban J connectivity index is 2.83. The molecule has 0 heterocycles. The number of aliphatic hydroxyl groups excluding tert-OH is 1. The lowest BCUT2D eigenvalue weighted by molar-refractivity contribution is 0.174. The molecule has 0 aliphatic carbocycles. The Bertz CT molecular complexity index is 330. The summed E-state index contributed by atoms with van der Waals surface area (Å²) in [6, 6.07) is 6.70. The fourth-order valence-corrected chi connectivity index (χ4v) is 1.46. The van der Waals surface area contributed by atoms with E-state index in [0.717, 1.165) is 0 Å². The Morgan fingerprint density at radius 1 is 1.64 bits per heavy atom. The van der Waals surface area contributed by atoms with Gasteiger partial charge in [-0.1, -0.05) is 19.1 Å². The average Bonchev–Trinajstić information content (AvgIpc) is 2.16. The largest absolute Gasteiger partial charge is 0.755 e. The van der Waals surface area contributed by atoms with Crippen LogP contribution in [0.15, 0.2) is 24.3 Å². The van der Waals surface area contributed by atoms with Crippen LogP contribution in [0.1, 0.15) is 25.0 Å². The summed E-state index contributed by atoms with van der Waals surface area (Å²) in [6.07, 6.45) is 0.0565. The fraction of sp³-hybridized carbons (Fsp3) is 0.333. The maximum atomic E-state index is 10.3. The molecule has 0 aromatic heterocycles. The molecular formula is C9H12NO3S-. The van der Waals surface area contributed by atoms with Crippen molar-refractivity contribution in [3.63, 3.8) is 0 Å². The zero-order valence-electron chi connectivity index (χ0n) is 7.77. The van der Waals surface area contributed by atoms with E-state index < -0.39 is 17.4 Å². The summed E-state index contributed by atoms with van der Waals surface area (Å²) in [5.74, 6) is 0. The topological polar surface area (TPSA) is 72.4 Å². The zero-order chi connectivity index (χ0) is 10.6. The highest BCUT2D eigenvalue weighted by atomic mass is 32.2. The monoisotopic (exact) mass is 214 g/mol. The van der Waals surface area contributed by atoms with Crippen LogP contribution in [0.2, 0.25) is 0 Å². The van der Waals surface area contributed by atoms with Crippen molar-refractivity contribution in [2.45, 2.75) is 19.4 Å². The molecule has 1 aromatic rings. The standard InChI is InChI=1S/C9H13NO3S/c1-2-9(11)7-4-3-5-8(6-7)10-14(12)13/h3-6,9-11H,2H2,1H3,(H,12,13)/p-1/t9-/m0/s1. The first-order chi connectivity index (χ1) is 6.63. The van der Waals surface area contributed by atoms with Gasteiger partial charge in [-0.15, -0.1) is 0 Å². The van der Waals surface area contributed by atoms with Gasteiger partial charge in [-0.3, -0.25) is 4.21 Å². The molecule has 14 heavy (non-hydrogen) atoms. The number of benzene rings is 1. The minimum Gasteiger partial charge on any atom is -0.755 e. The van der Waals surface area contributed by atoms with Crippen molar-refractivity contribution in [2.75, 3.05) is 4.72 Å². The predicted molar refractivity (Wildman–Crippen MR) is 54.2 cm³/mol. The maximum Gasteiger partial charge on any atom is 0.0788 e. The number of hydrogen-bond donors (Lipinski definition) is 2. The highest BCUT2D eigenvalue weighted by Gasteiger charge is 2.04. The molecule has 0 fully saturated rings. The Morgan fingerprint density at radius 2 is 2.36 bits per heavy atom. The van der Waals surface area contributed by atoms with Crippen molar-refractivity contribution in [3.05, 3.63) is 29.8 Å². The van der Waals surface area contributed by atoms with Crippen molar-refractivity contribution in [1.29, 1.82) is 0 Å². The lowest BCUT2D eigenvalue weighted by Crippen LogP contribution is -2.03. The molecule has 2 N–H and O–H groups in total. The predicted octanol–water partition coefficient (Wildman–Crippen LogP) is 1.34. The van der Waals surface area contributed by atoms with Gasteiger partial charge < -0.3 is 14.4 Å². The van der Waals surface area contributed by atoms with Crippen molar-refractivity contribution in [3.8, 4) is 0 Å². The Labute approximate surface area is 85.4 Å². The molecule has 2 atom stereocenters. The van der Waals surface area contributed by atoms with Crippen LogP contribution >= 0.6 is 0 Å². The molecule has 0 amide bonds. The van der Waals surface area contributed by atoms with Gasteiger partial charge in [-0.05, 0) is 24.1 Å². The zero-order valence-corrected chi connectivity index (χ0v) is 8.58. The van der Waals surface area contributed by atoms with E-state index in [0.29, 0.717) is 17.7 Å². The first kappa shape index (κ1) is 11.2. The minimum absolute atomic E-state index is 0.461. The van der Waals surface area contributed by atoms with Crippen LogP contribution in [0.5, 0.6) is 0 Å². The van der Waals surface area contributed by atoms with E-state index in [4.69, 9.17) is 0 Å². The maximum absolute atomic E-state index is 10.3. The lowest BCUT2D eigenvalue weighted by Gasteiger charge is -2.12. The molecular weight excluding hydrogens is 202 g/mol. The number of hydrogen-bond acceptors (Lipinski definition) is 3. The smallest absolute Gasteiger partial charge is 0.0788 e. The summed E-state index contributed by atoms with van der Waals surface area (Å²) < 4.78 is 22.9. The van der Waals surface area contributed by atoms with E-state index >= 15 is 0 Å². The van der Waals surface area contributed by atoms with Gasteiger partial charge >= 0.3 is 0 Å². The molecule has 0 aliphatic heterocycles. The highest BCUT2D eigenvalue weighted by molar-refractivity contribution is 7.80. The summed E-state index contributed by atoms with van der Waals surface area (Å²) in [4.78, 5) is 0. The fourth-order valence-electron chi connectivity index (χ4n) is 1.14. The van der Waals surface area contributed by atoms with Gasteiger partial charge in [-0.2, -0.15) is 0 Å². The number of nitrogens with one attached hydrogen (secondary N) is 1. The summed E-state index contributed by atoms with van der Waals surface area (Å²) in [7, 11) is 0. The molecule has 4 nitrogen and oxygen atoms in total. The normalized spacial score (nSPS) is 14.8. The molecule has 0 bridgehead atoms. The second kappa shape index (κ2) is 5.09. The quantitative estimate of drug-likeness (QED) is 0.743. The summed E-state index contributed by atoms with van der Waals surface area (Å²) in [5, 5.41) is 9.51. The van der Waals surface area contributed by atoms with Gasteiger partial charge in [0.25, 0.3) is 0 Å². The van der Waals surface area contributed by atoms with Gasteiger partial charge in [0.05, 0.1) is 6.10 Å². The molecule has 78 valence electrons. The first-order valence-corrected chi connectivity index (χ1v) is 5.35. The van der Waals surface area contributed by atoms with Crippen LogP contribution in [-0.2, 0) is 11.3 Å². The third-order valence-corrected chi connectivity index (χ3v) is 2.26. The van der Waals surface area contributed by atoms with E-state index in [-0.39, 0.29) is 0 Å². The molecule has 1 aromatic carbocycles. The van der Waals surface area contributed by atoms with Gasteiger partial charge in [0, 0.05) is 17.0 Å². The van der Waals surface area contributed by atoms with E-state index in [9.17, 15) is 13.9 Å². The van der Waals surface area contributed by atoms with Gasteiger partial charge in [0.2, 0.25) is 0 Å². The summed E-state index contributed by atoms with van der Waals surface area (Å²) in [6.45, 7) is 1.86. The second-order valence-electron chi connectivity index (χ2n) is 2.89. The molecule has 1 unspecified atom stereocenters. The van der Waals surface area contributed by atoms with E-state index in [2.05, 4.69) is 4.72 Å². The summed E-state index contributed by atoms with van der Waals surface area (Å²) >= 11 is -2.32. The van der Waals surface area contributed by atoms with Crippen molar-refractivity contribution >= 4 is 17.0 Å². The number of aliphatic hydroxyl groups is 1. The van der Waals surface area contributed by atoms with Gasteiger partial charge in [-0.25, -0.2) is 0 Å². The molecule has 1 rings (SSSR count). The highest BCUT2D eigenvalue weighted by Crippen LogP contribution is 2.19. The third kappa shape index (κ3) is 3.10. The van der Waals surface area contributed by atoms with Gasteiger partial charge in [0.1, 0.15) is 0 Å². The van der Waals surface area contributed by atoms with E-state index in [1.165, 1.54) is 0 Å².